The molecule has 0 aliphatic heterocycles. The molecule has 0 saturated heterocycles. The van der Waals surface area contributed by atoms with E-state index in [0.29, 0.717) is 18.0 Å². The summed E-state index contributed by atoms with van der Waals surface area (Å²) in [7, 11) is 3.48. The zero-order chi connectivity index (χ0) is 18.4. The van der Waals surface area contributed by atoms with Crippen molar-refractivity contribution in [3.05, 3.63) is 47.3 Å². The molecule has 2 aromatic rings. The van der Waals surface area contributed by atoms with Crippen LogP contribution < -0.4 is 14.8 Å². The van der Waals surface area contributed by atoms with Gasteiger partial charge in [0, 0.05) is 24.4 Å². The number of para-hydroxylation sites is 2. The molecule has 0 saturated carbocycles. The van der Waals surface area contributed by atoms with E-state index in [2.05, 4.69) is 10.4 Å². The second kappa shape index (κ2) is 8.37. The molecule has 1 aromatic carbocycles. The summed E-state index contributed by atoms with van der Waals surface area (Å²) in [5, 5.41) is 7.17. The maximum Gasteiger partial charge on any atom is 0.244 e. The van der Waals surface area contributed by atoms with E-state index in [1.54, 1.807) is 17.9 Å². The molecule has 0 unspecified atom stereocenters. The van der Waals surface area contributed by atoms with Crippen LogP contribution in [0.25, 0.3) is 6.08 Å². The van der Waals surface area contributed by atoms with Crippen molar-refractivity contribution in [2.24, 2.45) is 7.05 Å². The SMILES string of the molecule is COc1ccccc1O[C@H](C)CNC(=O)/C=C\c1c(C)nn(C)c1C. The van der Waals surface area contributed by atoms with Crippen LogP contribution in [0.3, 0.4) is 0 Å². The number of aryl methyl sites for hydroxylation is 2. The molecule has 1 heterocycles. The molecule has 2 rings (SSSR count). The lowest BCUT2D eigenvalue weighted by Gasteiger charge is -2.16. The highest BCUT2D eigenvalue weighted by molar-refractivity contribution is 5.92. The van der Waals surface area contributed by atoms with Gasteiger partial charge in [-0.3, -0.25) is 9.48 Å². The third-order valence-electron chi connectivity index (χ3n) is 3.93. The van der Waals surface area contributed by atoms with Crippen LogP contribution in [0.4, 0.5) is 0 Å². The maximum atomic E-state index is 12.0. The highest BCUT2D eigenvalue weighted by Gasteiger charge is 2.10. The highest BCUT2D eigenvalue weighted by Crippen LogP contribution is 2.26. The summed E-state index contributed by atoms with van der Waals surface area (Å²) < 4.78 is 12.9. The number of nitrogens with one attached hydrogen (secondary N) is 1. The molecule has 0 spiro atoms. The highest BCUT2D eigenvalue weighted by atomic mass is 16.5. The van der Waals surface area contributed by atoms with E-state index in [-0.39, 0.29) is 12.0 Å². The lowest BCUT2D eigenvalue weighted by molar-refractivity contribution is -0.116. The van der Waals surface area contributed by atoms with Crippen molar-refractivity contribution < 1.29 is 14.3 Å². The Morgan fingerprint density at radius 2 is 2.00 bits per heavy atom. The van der Waals surface area contributed by atoms with Gasteiger partial charge >= 0.3 is 0 Å². The van der Waals surface area contributed by atoms with Crippen LogP contribution in [-0.4, -0.2) is 35.4 Å². The van der Waals surface area contributed by atoms with E-state index in [0.717, 1.165) is 17.0 Å². The minimum absolute atomic E-state index is 0.168. The van der Waals surface area contributed by atoms with Crippen LogP contribution in [0.1, 0.15) is 23.9 Å². The van der Waals surface area contributed by atoms with Crippen LogP contribution >= 0.6 is 0 Å². The van der Waals surface area contributed by atoms with Gasteiger partial charge in [-0.2, -0.15) is 5.10 Å². The first-order valence-electron chi connectivity index (χ1n) is 8.18. The molecular formula is C19H25N3O3. The van der Waals surface area contributed by atoms with Crippen LogP contribution in [0.15, 0.2) is 30.3 Å². The standard InChI is InChI=1S/C19H25N3O3/c1-13(25-18-9-7-6-8-17(18)24-5)12-20-19(23)11-10-16-14(2)21-22(4)15(16)3/h6-11,13H,12H2,1-5H3,(H,20,23)/b11-10-/t13-/m1/s1. The minimum Gasteiger partial charge on any atom is -0.493 e. The quantitative estimate of drug-likeness (QED) is 0.785. The van der Waals surface area contributed by atoms with Gasteiger partial charge < -0.3 is 14.8 Å². The summed E-state index contributed by atoms with van der Waals surface area (Å²) in [6.07, 6.45) is 3.13. The molecule has 134 valence electrons. The summed E-state index contributed by atoms with van der Waals surface area (Å²) in [4.78, 5) is 12.0. The lowest BCUT2D eigenvalue weighted by atomic mass is 10.2. The molecule has 1 atom stereocenters. The predicted molar refractivity (Wildman–Crippen MR) is 97.8 cm³/mol. The Morgan fingerprint density at radius 1 is 1.32 bits per heavy atom. The topological polar surface area (TPSA) is 65.4 Å². The van der Waals surface area contributed by atoms with Gasteiger partial charge in [0.2, 0.25) is 5.91 Å². The second-order valence-corrected chi connectivity index (χ2v) is 5.87. The van der Waals surface area contributed by atoms with Crippen molar-refractivity contribution in [2.45, 2.75) is 26.9 Å². The fraction of sp³-hybridized carbons (Fsp3) is 0.368. The average molecular weight is 343 g/mol. The van der Waals surface area contributed by atoms with E-state index in [9.17, 15) is 4.79 Å². The van der Waals surface area contributed by atoms with Gasteiger partial charge in [-0.15, -0.1) is 0 Å². The van der Waals surface area contributed by atoms with Crippen molar-refractivity contribution in [3.8, 4) is 11.5 Å². The zero-order valence-electron chi connectivity index (χ0n) is 15.4. The fourth-order valence-corrected chi connectivity index (χ4v) is 2.47. The molecule has 1 amide bonds. The van der Waals surface area contributed by atoms with Crippen LogP contribution in [-0.2, 0) is 11.8 Å². The smallest absolute Gasteiger partial charge is 0.244 e. The monoisotopic (exact) mass is 343 g/mol. The zero-order valence-corrected chi connectivity index (χ0v) is 15.4. The number of nitrogens with zero attached hydrogens (tertiary/aromatic N) is 2. The number of carbonyl (C=O) groups is 1. The van der Waals surface area contributed by atoms with Crippen LogP contribution in [0, 0.1) is 13.8 Å². The van der Waals surface area contributed by atoms with Crippen molar-refractivity contribution >= 4 is 12.0 Å². The number of rotatable bonds is 7. The molecule has 1 N–H and O–H groups in total. The number of carbonyl (C=O) groups excluding carboxylic acids is 1. The predicted octanol–water partition coefficient (Wildman–Crippen LogP) is 2.64. The van der Waals surface area contributed by atoms with Crippen molar-refractivity contribution in [1.29, 1.82) is 0 Å². The van der Waals surface area contributed by atoms with E-state index < -0.39 is 0 Å². The molecule has 6 heteroatoms. The van der Waals surface area contributed by atoms with Crippen molar-refractivity contribution in [2.75, 3.05) is 13.7 Å². The number of methoxy groups -OCH3 is 1. The number of amides is 1. The molecule has 0 fully saturated rings. The molecule has 0 radical (unpaired) electrons. The Bertz CT molecular complexity index is 765. The van der Waals surface area contributed by atoms with Crippen molar-refractivity contribution in [3.63, 3.8) is 0 Å². The second-order valence-electron chi connectivity index (χ2n) is 5.87. The van der Waals surface area contributed by atoms with E-state index >= 15 is 0 Å². The summed E-state index contributed by atoms with van der Waals surface area (Å²) >= 11 is 0. The van der Waals surface area contributed by atoms with Gasteiger partial charge in [0.25, 0.3) is 0 Å². The first-order chi connectivity index (χ1) is 11.9. The summed E-state index contributed by atoms with van der Waals surface area (Å²) in [6.45, 7) is 6.19. The van der Waals surface area contributed by atoms with Crippen LogP contribution in [0.5, 0.6) is 11.5 Å². The fourth-order valence-electron chi connectivity index (χ4n) is 2.47. The maximum absolute atomic E-state index is 12.0. The molecule has 1 aromatic heterocycles. The van der Waals surface area contributed by atoms with Gasteiger partial charge in [-0.05, 0) is 39.0 Å². The van der Waals surface area contributed by atoms with Gasteiger partial charge in [0.05, 0.1) is 19.3 Å². The largest absolute Gasteiger partial charge is 0.493 e. The number of ether oxygens (including phenoxy) is 2. The molecule has 0 aliphatic carbocycles. The molecule has 6 nitrogen and oxygen atoms in total. The van der Waals surface area contributed by atoms with Gasteiger partial charge in [0.1, 0.15) is 6.10 Å². The molecular weight excluding hydrogens is 318 g/mol. The van der Waals surface area contributed by atoms with E-state index in [4.69, 9.17) is 9.47 Å². The Balaban J connectivity index is 1.88. The third kappa shape index (κ3) is 4.86. The number of hydrogen-bond donors (Lipinski definition) is 1. The summed E-state index contributed by atoms with van der Waals surface area (Å²) in [5.74, 6) is 1.16. The van der Waals surface area contributed by atoms with E-state index in [1.807, 2.05) is 52.1 Å². The first-order valence-corrected chi connectivity index (χ1v) is 8.18. The minimum atomic E-state index is -0.185. The Hall–Kier alpha value is -2.76. The van der Waals surface area contributed by atoms with Gasteiger partial charge in [-0.25, -0.2) is 0 Å². The van der Waals surface area contributed by atoms with Crippen molar-refractivity contribution in [1.82, 2.24) is 15.1 Å². The Labute approximate surface area is 148 Å². The molecule has 0 bridgehead atoms. The summed E-state index contributed by atoms with van der Waals surface area (Å²) in [5.41, 5.74) is 2.89. The first kappa shape index (κ1) is 18.6. The Morgan fingerprint density at radius 3 is 2.60 bits per heavy atom. The number of benzene rings is 1. The number of aromatic nitrogens is 2. The lowest BCUT2D eigenvalue weighted by Crippen LogP contribution is -2.32. The van der Waals surface area contributed by atoms with Gasteiger partial charge in [0.15, 0.2) is 11.5 Å². The van der Waals surface area contributed by atoms with E-state index in [1.165, 1.54) is 6.08 Å². The van der Waals surface area contributed by atoms with Gasteiger partial charge in [-0.1, -0.05) is 12.1 Å². The normalized spacial score (nSPS) is 12.2. The average Bonchev–Trinajstić information content (AvgIpc) is 2.84. The summed E-state index contributed by atoms with van der Waals surface area (Å²) in [6, 6.07) is 7.43. The van der Waals surface area contributed by atoms with Crippen LogP contribution in [0.2, 0.25) is 0 Å². The molecule has 0 aliphatic rings. The molecule has 25 heavy (non-hydrogen) atoms. The third-order valence-corrected chi connectivity index (χ3v) is 3.93. The number of hydrogen-bond acceptors (Lipinski definition) is 4. The Kier molecular flexibility index (Phi) is 6.22.